The van der Waals surface area contributed by atoms with Gasteiger partial charge in [-0.25, -0.2) is 0 Å². The number of thioether (sulfide) groups is 1. The van der Waals surface area contributed by atoms with Crippen LogP contribution in [-0.2, 0) is 18.7 Å². The quantitative estimate of drug-likeness (QED) is 0.0620. The Balaban J connectivity index is 4.04. The van der Waals surface area contributed by atoms with Gasteiger partial charge in [0, 0.05) is 11.9 Å². The first kappa shape index (κ1) is 31.8. The van der Waals surface area contributed by atoms with Crippen LogP contribution in [-0.4, -0.2) is 41.3 Å². The molecule has 6 nitrogen and oxygen atoms in total. The third kappa shape index (κ3) is 19.3. The summed E-state index contributed by atoms with van der Waals surface area (Å²) in [6.45, 7) is 7.25. The Labute approximate surface area is 201 Å². The van der Waals surface area contributed by atoms with E-state index in [1.165, 1.54) is 95.6 Å². The molecule has 3 atom stereocenters. The van der Waals surface area contributed by atoms with E-state index in [1.807, 2.05) is 11.8 Å². The van der Waals surface area contributed by atoms with Gasteiger partial charge < -0.3 is 4.74 Å². The summed E-state index contributed by atoms with van der Waals surface area (Å²) in [7, 11) is -2.64. The third-order valence-corrected chi connectivity index (χ3v) is 7.92. The summed E-state index contributed by atoms with van der Waals surface area (Å²) < 4.78 is 22.1. The van der Waals surface area contributed by atoms with E-state index in [2.05, 4.69) is 25.7 Å². The van der Waals surface area contributed by atoms with Gasteiger partial charge >= 0.3 is 13.7 Å². The number of unbranched alkanes of at least 4 members (excludes halogenated alkanes) is 11. The van der Waals surface area contributed by atoms with Crippen LogP contribution in [0.25, 0.3) is 0 Å². The molecule has 0 spiro atoms. The van der Waals surface area contributed by atoms with Crippen LogP contribution in [0.1, 0.15) is 117 Å². The Kier molecular flexibility index (Phi) is 23.8. The van der Waals surface area contributed by atoms with Crippen molar-refractivity contribution in [1.82, 2.24) is 0 Å². The van der Waals surface area contributed by atoms with Gasteiger partial charge in [-0.3, -0.25) is 4.89 Å². The van der Waals surface area contributed by atoms with Gasteiger partial charge in [-0.05, 0) is 36.5 Å². The summed E-state index contributed by atoms with van der Waals surface area (Å²) in [6.07, 6.45) is 19.1. The van der Waals surface area contributed by atoms with Crippen molar-refractivity contribution in [3.8, 4) is 0 Å². The topological polar surface area (TPSA) is 82.1 Å². The summed E-state index contributed by atoms with van der Waals surface area (Å²) in [5.41, 5.74) is -1.26. The Hall–Kier alpha value is -0.200. The predicted octanol–water partition coefficient (Wildman–Crippen LogP) is 8.75. The van der Waals surface area contributed by atoms with E-state index in [0.717, 1.165) is 0 Å². The highest BCUT2D eigenvalue weighted by Crippen LogP contribution is 2.26. The van der Waals surface area contributed by atoms with Crippen LogP contribution < -0.4 is 0 Å². The number of ether oxygens (including phenoxy) is 1. The van der Waals surface area contributed by atoms with Crippen LogP contribution in [0.15, 0.2) is 0 Å². The van der Waals surface area contributed by atoms with Crippen molar-refractivity contribution in [2.45, 2.75) is 128 Å². The standard InChI is InChI=1S/C24H47O6PS/c1-4-6-8-10-11-12-13-14-16-21-32-23(18-15-9-7-5-2)22(3)28-19-17-20-29-31(27)24(25)30-26/h22-23H,4-21H2,1-3H3/p+1. The van der Waals surface area contributed by atoms with Crippen molar-refractivity contribution in [1.29, 1.82) is 0 Å². The Morgan fingerprint density at radius 1 is 0.844 bits per heavy atom. The van der Waals surface area contributed by atoms with Gasteiger partial charge in [-0.15, -0.1) is 4.52 Å². The molecule has 0 radical (unpaired) electrons. The number of hydrogen-bond acceptors (Lipinski definition) is 7. The van der Waals surface area contributed by atoms with E-state index in [-0.39, 0.29) is 12.7 Å². The minimum atomic E-state index is -2.64. The zero-order valence-electron chi connectivity index (χ0n) is 20.7. The largest absolute Gasteiger partial charge is 0.639 e. The van der Waals surface area contributed by atoms with Gasteiger partial charge in [-0.1, -0.05) is 90.9 Å². The molecule has 0 aromatic carbocycles. The fourth-order valence-corrected chi connectivity index (χ4v) is 5.37. The van der Waals surface area contributed by atoms with Crippen molar-refractivity contribution >= 4 is 25.5 Å². The summed E-state index contributed by atoms with van der Waals surface area (Å²) in [5, 5.41) is 8.67. The molecule has 1 N–H and O–H groups in total. The van der Waals surface area contributed by atoms with Crippen LogP contribution in [0.2, 0.25) is 0 Å². The molecule has 32 heavy (non-hydrogen) atoms. The van der Waals surface area contributed by atoms with Crippen molar-refractivity contribution < 1.29 is 28.8 Å². The number of rotatable bonds is 24. The average molecular weight is 496 g/mol. The molecule has 190 valence electrons. The molecule has 0 bridgehead atoms. The molecule has 3 unspecified atom stereocenters. The highest BCUT2D eigenvalue weighted by molar-refractivity contribution is 7.99. The van der Waals surface area contributed by atoms with Gasteiger partial charge in [0.1, 0.15) is 6.61 Å². The van der Waals surface area contributed by atoms with E-state index >= 15 is 0 Å². The zero-order valence-corrected chi connectivity index (χ0v) is 22.4. The maximum Gasteiger partial charge on any atom is 0.639 e. The van der Waals surface area contributed by atoms with E-state index in [0.29, 0.717) is 18.3 Å². The molecule has 0 fully saturated rings. The minimum Gasteiger partial charge on any atom is -0.377 e. The van der Waals surface area contributed by atoms with Gasteiger partial charge in [0.25, 0.3) is 0 Å². The maximum atomic E-state index is 11.3. The molecule has 8 heteroatoms. The lowest BCUT2D eigenvalue weighted by Gasteiger charge is -2.24. The smallest absolute Gasteiger partial charge is 0.377 e. The van der Waals surface area contributed by atoms with Crippen LogP contribution in [0.3, 0.4) is 0 Å². The van der Waals surface area contributed by atoms with Gasteiger partial charge in [-0.2, -0.15) is 21.8 Å². The van der Waals surface area contributed by atoms with Gasteiger partial charge in [0.15, 0.2) is 0 Å². The van der Waals surface area contributed by atoms with Crippen molar-refractivity contribution in [3.63, 3.8) is 0 Å². The molecular formula is C24H48O6PS+. The first-order valence-electron chi connectivity index (χ1n) is 12.8. The lowest BCUT2D eigenvalue weighted by Crippen LogP contribution is -2.24. The molecule has 0 aliphatic rings. The minimum absolute atomic E-state index is 0.129. The highest BCUT2D eigenvalue weighted by atomic mass is 32.2. The summed E-state index contributed by atoms with van der Waals surface area (Å²) >= 11 is 2.05. The van der Waals surface area contributed by atoms with Crippen LogP contribution >= 0.6 is 19.8 Å². The Morgan fingerprint density at radius 2 is 1.41 bits per heavy atom. The molecule has 0 saturated carbocycles. The second-order valence-electron chi connectivity index (χ2n) is 8.46. The van der Waals surface area contributed by atoms with Crippen molar-refractivity contribution in [3.05, 3.63) is 0 Å². The lowest BCUT2D eigenvalue weighted by molar-refractivity contribution is -0.168. The molecule has 0 rings (SSSR count). The van der Waals surface area contributed by atoms with E-state index in [4.69, 9.17) is 14.5 Å². The number of carbonyl (C=O) groups excluding carboxylic acids is 1. The SMILES string of the molecule is CCCCCCCCCCCSC(CCCCCC)C(C)OCCCO[P+](=O)C(=O)OO. The first-order chi connectivity index (χ1) is 15.6. The zero-order chi connectivity index (χ0) is 23.9. The van der Waals surface area contributed by atoms with Crippen molar-refractivity contribution in [2.24, 2.45) is 0 Å². The Morgan fingerprint density at radius 3 is 2.00 bits per heavy atom. The monoisotopic (exact) mass is 495 g/mol. The van der Waals surface area contributed by atoms with Crippen LogP contribution in [0.4, 0.5) is 4.79 Å². The summed E-state index contributed by atoms with van der Waals surface area (Å²) in [5.74, 6) is 1.19. The molecule has 0 amide bonds. The van der Waals surface area contributed by atoms with Crippen LogP contribution in [0, 0.1) is 0 Å². The second-order valence-corrected chi connectivity index (χ2v) is 10.9. The molecule has 0 aromatic heterocycles. The third-order valence-electron chi connectivity index (χ3n) is 5.55. The first-order valence-corrected chi connectivity index (χ1v) is 15.0. The highest BCUT2D eigenvalue weighted by Gasteiger charge is 2.34. The van der Waals surface area contributed by atoms with Crippen molar-refractivity contribution in [2.75, 3.05) is 19.0 Å². The average Bonchev–Trinajstić information content (AvgIpc) is 2.80. The molecule has 0 aliphatic carbocycles. The number of hydrogen-bond donors (Lipinski definition) is 1. The maximum absolute atomic E-state index is 11.3. The fourth-order valence-electron chi connectivity index (χ4n) is 3.54. The predicted molar refractivity (Wildman–Crippen MR) is 135 cm³/mol. The van der Waals surface area contributed by atoms with E-state index in [9.17, 15) is 9.36 Å². The van der Waals surface area contributed by atoms with Gasteiger partial charge in [0.05, 0.1) is 6.10 Å². The molecular weight excluding hydrogens is 447 g/mol. The fraction of sp³-hybridized carbons (Fsp3) is 0.958. The number of carbonyl (C=O) groups is 1. The summed E-state index contributed by atoms with van der Waals surface area (Å²) in [6, 6.07) is 0. The normalized spacial score (nSPS) is 13.7. The van der Waals surface area contributed by atoms with E-state index in [1.54, 1.807) is 0 Å². The van der Waals surface area contributed by atoms with E-state index < -0.39 is 13.7 Å². The van der Waals surface area contributed by atoms with Crippen LogP contribution in [0.5, 0.6) is 0 Å². The lowest BCUT2D eigenvalue weighted by atomic mass is 10.1. The summed E-state index contributed by atoms with van der Waals surface area (Å²) in [4.78, 5) is 14.2. The molecule has 0 saturated heterocycles. The second kappa shape index (κ2) is 23.9. The molecule has 0 heterocycles. The molecule has 0 aliphatic heterocycles. The Bertz CT molecular complexity index is 452. The van der Waals surface area contributed by atoms with Gasteiger partial charge in [0.2, 0.25) is 0 Å². The molecule has 0 aromatic rings.